The maximum absolute atomic E-state index is 12.6. The smallest absolute Gasteiger partial charge is 0.226 e. The van der Waals surface area contributed by atoms with Gasteiger partial charge in [0.25, 0.3) is 0 Å². The number of carbonyl (C=O) groups excluding carboxylic acids is 1. The van der Waals surface area contributed by atoms with Crippen molar-refractivity contribution in [3.8, 4) is 5.75 Å². The first-order chi connectivity index (χ1) is 12.0. The van der Waals surface area contributed by atoms with Crippen molar-refractivity contribution in [1.29, 1.82) is 0 Å². The standard InChI is InChI=1S/C19H24N4O2/c1-13-5-6-14(2)17(12-13)25-11-9-19(24)23-10-3-4-16(23)15-7-8-18(20)22-21-15/h5-8,12,16H,3-4,9-11H2,1-2H3,(H2,20,22). The van der Waals surface area contributed by atoms with Gasteiger partial charge in [-0.2, -0.15) is 5.10 Å². The Hall–Kier alpha value is -2.63. The fourth-order valence-electron chi connectivity index (χ4n) is 3.16. The molecule has 1 atom stereocenters. The molecule has 3 rings (SSSR count). The minimum absolute atomic E-state index is 0.0127. The average molecular weight is 340 g/mol. The quantitative estimate of drug-likeness (QED) is 0.905. The third-order valence-electron chi connectivity index (χ3n) is 4.54. The first kappa shape index (κ1) is 17.2. The molecule has 25 heavy (non-hydrogen) atoms. The molecule has 1 aromatic carbocycles. The molecule has 6 nitrogen and oxygen atoms in total. The van der Waals surface area contributed by atoms with E-state index in [1.807, 2.05) is 36.9 Å². The first-order valence-electron chi connectivity index (χ1n) is 8.63. The van der Waals surface area contributed by atoms with Gasteiger partial charge in [0.1, 0.15) is 11.6 Å². The van der Waals surface area contributed by atoms with Gasteiger partial charge in [-0.3, -0.25) is 4.79 Å². The molecule has 1 aromatic heterocycles. The van der Waals surface area contributed by atoms with Crippen LogP contribution in [0.5, 0.6) is 5.75 Å². The number of anilines is 1. The molecule has 132 valence electrons. The van der Waals surface area contributed by atoms with Gasteiger partial charge in [-0.1, -0.05) is 12.1 Å². The van der Waals surface area contributed by atoms with Crippen LogP contribution in [0.15, 0.2) is 30.3 Å². The molecule has 1 amide bonds. The molecule has 0 spiro atoms. The first-order valence-corrected chi connectivity index (χ1v) is 8.63. The van der Waals surface area contributed by atoms with Gasteiger partial charge < -0.3 is 15.4 Å². The predicted octanol–water partition coefficient (Wildman–Crippen LogP) is 2.81. The van der Waals surface area contributed by atoms with Gasteiger partial charge in [0.05, 0.1) is 24.8 Å². The fourth-order valence-corrected chi connectivity index (χ4v) is 3.16. The third-order valence-corrected chi connectivity index (χ3v) is 4.54. The number of aryl methyl sites for hydroxylation is 2. The molecule has 2 aromatic rings. The van der Waals surface area contributed by atoms with E-state index in [2.05, 4.69) is 16.3 Å². The van der Waals surface area contributed by atoms with E-state index in [9.17, 15) is 4.79 Å². The highest BCUT2D eigenvalue weighted by Crippen LogP contribution is 2.31. The van der Waals surface area contributed by atoms with Gasteiger partial charge >= 0.3 is 0 Å². The summed E-state index contributed by atoms with van der Waals surface area (Å²) in [4.78, 5) is 14.5. The Kier molecular flexibility index (Phi) is 5.16. The number of hydrogen-bond acceptors (Lipinski definition) is 5. The summed E-state index contributed by atoms with van der Waals surface area (Å²) in [6.45, 7) is 5.16. The number of aromatic nitrogens is 2. The Balaban J connectivity index is 1.58. The van der Waals surface area contributed by atoms with E-state index < -0.39 is 0 Å². The van der Waals surface area contributed by atoms with Gasteiger partial charge in [-0.05, 0) is 56.0 Å². The van der Waals surface area contributed by atoms with E-state index >= 15 is 0 Å². The third kappa shape index (κ3) is 4.07. The monoisotopic (exact) mass is 340 g/mol. The molecule has 2 N–H and O–H groups in total. The van der Waals surface area contributed by atoms with E-state index in [4.69, 9.17) is 10.5 Å². The predicted molar refractivity (Wildman–Crippen MR) is 96.2 cm³/mol. The summed E-state index contributed by atoms with van der Waals surface area (Å²) < 4.78 is 5.81. The second-order valence-corrected chi connectivity index (χ2v) is 6.50. The van der Waals surface area contributed by atoms with Crippen LogP contribution in [0.3, 0.4) is 0 Å². The van der Waals surface area contributed by atoms with Crippen LogP contribution >= 0.6 is 0 Å². The van der Waals surface area contributed by atoms with Gasteiger partial charge in [-0.15, -0.1) is 5.10 Å². The highest BCUT2D eigenvalue weighted by Gasteiger charge is 2.30. The Morgan fingerprint density at radius 1 is 1.28 bits per heavy atom. The van der Waals surface area contributed by atoms with Crippen molar-refractivity contribution in [2.24, 2.45) is 0 Å². The lowest BCUT2D eigenvalue weighted by Gasteiger charge is -2.24. The number of nitrogens with zero attached hydrogens (tertiary/aromatic N) is 3. The van der Waals surface area contributed by atoms with Crippen LogP contribution in [-0.2, 0) is 4.79 Å². The van der Waals surface area contributed by atoms with Gasteiger partial charge in [0.15, 0.2) is 0 Å². The van der Waals surface area contributed by atoms with Crippen LogP contribution in [-0.4, -0.2) is 34.2 Å². The van der Waals surface area contributed by atoms with Crippen LogP contribution in [0.4, 0.5) is 5.82 Å². The fraction of sp³-hybridized carbons (Fsp3) is 0.421. The molecule has 0 radical (unpaired) electrons. The van der Waals surface area contributed by atoms with E-state index in [1.165, 1.54) is 0 Å². The van der Waals surface area contributed by atoms with Crippen LogP contribution < -0.4 is 10.5 Å². The molecular weight excluding hydrogens is 316 g/mol. The number of nitrogens with two attached hydrogens (primary N) is 1. The van der Waals surface area contributed by atoms with Crippen LogP contribution in [0.1, 0.15) is 42.1 Å². The Labute approximate surface area is 148 Å². The number of ether oxygens (including phenoxy) is 1. The molecule has 1 saturated heterocycles. The lowest BCUT2D eigenvalue weighted by Crippen LogP contribution is -2.32. The van der Waals surface area contributed by atoms with Gasteiger partial charge in [0, 0.05) is 6.54 Å². The van der Waals surface area contributed by atoms with Gasteiger partial charge in [-0.25, -0.2) is 0 Å². The molecule has 2 heterocycles. The lowest BCUT2D eigenvalue weighted by molar-refractivity contribution is -0.132. The molecular formula is C19H24N4O2. The molecule has 1 fully saturated rings. The normalized spacial score (nSPS) is 16.9. The molecule has 0 bridgehead atoms. The number of carbonyl (C=O) groups is 1. The van der Waals surface area contributed by atoms with E-state index in [1.54, 1.807) is 6.07 Å². The summed E-state index contributed by atoms with van der Waals surface area (Å²) in [5.41, 5.74) is 8.62. The number of nitrogen functional groups attached to an aromatic ring is 1. The summed E-state index contributed by atoms with van der Waals surface area (Å²) in [6.07, 6.45) is 2.23. The summed E-state index contributed by atoms with van der Waals surface area (Å²) in [7, 11) is 0. The maximum Gasteiger partial charge on any atom is 0.226 e. The van der Waals surface area contributed by atoms with Crippen molar-refractivity contribution in [2.45, 2.75) is 39.2 Å². The summed E-state index contributed by atoms with van der Waals surface area (Å²) in [5, 5.41) is 8.04. The van der Waals surface area contributed by atoms with Crippen molar-refractivity contribution in [2.75, 3.05) is 18.9 Å². The highest BCUT2D eigenvalue weighted by molar-refractivity contribution is 5.77. The SMILES string of the molecule is Cc1ccc(C)c(OCCC(=O)N2CCCC2c2ccc(N)nn2)c1. The van der Waals surface area contributed by atoms with Crippen molar-refractivity contribution in [1.82, 2.24) is 15.1 Å². The number of likely N-dealkylation sites (tertiary alicyclic amines) is 1. The van der Waals surface area contributed by atoms with E-state index in [-0.39, 0.29) is 11.9 Å². The Bertz CT molecular complexity index is 746. The minimum atomic E-state index is -0.0127. The molecule has 0 saturated carbocycles. The molecule has 1 unspecified atom stereocenters. The second-order valence-electron chi connectivity index (χ2n) is 6.50. The number of amides is 1. The topological polar surface area (TPSA) is 81.3 Å². The number of benzene rings is 1. The Morgan fingerprint density at radius 2 is 2.12 bits per heavy atom. The summed E-state index contributed by atoms with van der Waals surface area (Å²) in [6, 6.07) is 9.65. The molecule has 0 aliphatic carbocycles. The average Bonchev–Trinajstić information content (AvgIpc) is 3.08. The number of rotatable bonds is 5. The zero-order valence-electron chi connectivity index (χ0n) is 14.7. The zero-order chi connectivity index (χ0) is 17.8. The van der Waals surface area contributed by atoms with Crippen LogP contribution in [0, 0.1) is 13.8 Å². The maximum atomic E-state index is 12.6. The Morgan fingerprint density at radius 3 is 2.88 bits per heavy atom. The highest BCUT2D eigenvalue weighted by atomic mass is 16.5. The van der Waals surface area contributed by atoms with E-state index in [0.29, 0.717) is 18.8 Å². The van der Waals surface area contributed by atoms with Crippen molar-refractivity contribution in [3.05, 3.63) is 47.2 Å². The van der Waals surface area contributed by atoms with E-state index in [0.717, 1.165) is 42.0 Å². The zero-order valence-corrected chi connectivity index (χ0v) is 14.7. The molecule has 1 aliphatic rings. The lowest BCUT2D eigenvalue weighted by atomic mass is 10.1. The molecule has 1 aliphatic heterocycles. The summed E-state index contributed by atoms with van der Waals surface area (Å²) >= 11 is 0. The van der Waals surface area contributed by atoms with Crippen molar-refractivity contribution >= 4 is 11.7 Å². The van der Waals surface area contributed by atoms with Crippen LogP contribution in [0.25, 0.3) is 0 Å². The van der Waals surface area contributed by atoms with Crippen LogP contribution in [0.2, 0.25) is 0 Å². The number of hydrogen-bond donors (Lipinski definition) is 1. The summed E-state index contributed by atoms with van der Waals surface area (Å²) in [5.74, 6) is 1.32. The largest absolute Gasteiger partial charge is 0.493 e. The second kappa shape index (κ2) is 7.51. The minimum Gasteiger partial charge on any atom is -0.493 e. The van der Waals surface area contributed by atoms with Gasteiger partial charge in [0.2, 0.25) is 5.91 Å². The van der Waals surface area contributed by atoms with Crippen molar-refractivity contribution < 1.29 is 9.53 Å². The van der Waals surface area contributed by atoms with Crippen molar-refractivity contribution in [3.63, 3.8) is 0 Å². The molecule has 6 heteroatoms.